The van der Waals surface area contributed by atoms with Crippen LogP contribution in [0.25, 0.3) is 0 Å². The van der Waals surface area contributed by atoms with Crippen LogP contribution in [-0.2, 0) is 0 Å². The molecule has 2 nitrogen and oxygen atoms in total. The molecule has 0 heterocycles. The summed E-state index contributed by atoms with van der Waals surface area (Å²) in [5.74, 6) is 1.82. The highest BCUT2D eigenvalue weighted by atomic mass is 127. The summed E-state index contributed by atoms with van der Waals surface area (Å²) in [4.78, 5) is 0. The van der Waals surface area contributed by atoms with Gasteiger partial charge in [-0.1, -0.05) is 29.5 Å². The van der Waals surface area contributed by atoms with Gasteiger partial charge >= 0.3 is 0 Å². The molecule has 1 aromatic rings. The molecule has 0 N–H and O–H groups in total. The van der Waals surface area contributed by atoms with Crippen LogP contribution in [0.2, 0.25) is 0 Å². The molecule has 0 saturated carbocycles. The molecule has 0 aromatic heterocycles. The maximum atomic E-state index is 5.46. The van der Waals surface area contributed by atoms with E-state index in [2.05, 4.69) is 29.5 Å². The van der Waals surface area contributed by atoms with Crippen LogP contribution in [0.1, 0.15) is 13.3 Å². The molecule has 0 aliphatic carbocycles. The lowest BCUT2D eigenvalue weighted by Crippen LogP contribution is -1.98. The molecule has 0 spiro atoms. The maximum absolute atomic E-state index is 5.46. The fourth-order valence-electron chi connectivity index (χ4n) is 1.01. The second-order valence-electron chi connectivity index (χ2n) is 2.86. The first-order valence-corrected chi connectivity index (χ1v) is 6.31. The van der Waals surface area contributed by atoms with Crippen LogP contribution in [0.15, 0.2) is 24.3 Å². The number of ether oxygens (including phenoxy) is 2. The molecule has 1 aromatic carbocycles. The van der Waals surface area contributed by atoms with E-state index in [1.165, 1.54) is 0 Å². The van der Waals surface area contributed by atoms with Crippen LogP contribution < -0.4 is 9.47 Å². The van der Waals surface area contributed by atoms with Gasteiger partial charge in [-0.25, -0.2) is 0 Å². The van der Waals surface area contributed by atoms with Gasteiger partial charge in [0.05, 0.1) is 13.2 Å². The molecule has 0 aliphatic rings. The SMILES string of the molecule is CCCOc1ccc(OCCI)cc1. The van der Waals surface area contributed by atoms with E-state index in [4.69, 9.17) is 9.47 Å². The van der Waals surface area contributed by atoms with E-state index in [9.17, 15) is 0 Å². The van der Waals surface area contributed by atoms with Crippen molar-refractivity contribution in [3.63, 3.8) is 0 Å². The zero-order valence-corrected chi connectivity index (χ0v) is 10.5. The van der Waals surface area contributed by atoms with Crippen molar-refractivity contribution in [1.29, 1.82) is 0 Å². The maximum Gasteiger partial charge on any atom is 0.119 e. The van der Waals surface area contributed by atoms with Crippen molar-refractivity contribution >= 4 is 22.6 Å². The Morgan fingerprint density at radius 1 is 1.00 bits per heavy atom. The van der Waals surface area contributed by atoms with E-state index in [1.807, 2.05) is 24.3 Å². The molecule has 0 radical (unpaired) electrons. The van der Waals surface area contributed by atoms with Crippen molar-refractivity contribution in [2.24, 2.45) is 0 Å². The highest BCUT2D eigenvalue weighted by Crippen LogP contribution is 2.17. The number of hydrogen-bond acceptors (Lipinski definition) is 2. The lowest BCUT2D eigenvalue weighted by molar-refractivity contribution is 0.315. The summed E-state index contributed by atoms with van der Waals surface area (Å²) in [6.07, 6.45) is 1.03. The normalized spacial score (nSPS) is 9.86. The molecule has 0 bridgehead atoms. The average Bonchev–Trinajstić information content (AvgIpc) is 2.25. The van der Waals surface area contributed by atoms with Gasteiger partial charge in [-0.2, -0.15) is 0 Å². The van der Waals surface area contributed by atoms with Crippen molar-refractivity contribution in [2.45, 2.75) is 13.3 Å². The molecule has 14 heavy (non-hydrogen) atoms. The van der Waals surface area contributed by atoms with E-state index in [0.717, 1.165) is 35.6 Å². The van der Waals surface area contributed by atoms with Crippen molar-refractivity contribution in [2.75, 3.05) is 17.6 Å². The third-order valence-electron chi connectivity index (χ3n) is 1.64. The number of halogens is 1. The average molecular weight is 306 g/mol. The Hall–Kier alpha value is -0.450. The largest absolute Gasteiger partial charge is 0.494 e. The van der Waals surface area contributed by atoms with E-state index in [0.29, 0.717) is 0 Å². The van der Waals surface area contributed by atoms with Crippen LogP contribution in [0.3, 0.4) is 0 Å². The van der Waals surface area contributed by atoms with Gasteiger partial charge in [0, 0.05) is 4.43 Å². The summed E-state index contributed by atoms with van der Waals surface area (Å²) >= 11 is 2.29. The lowest BCUT2D eigenvalue weighted by atomic mass is 10.3. The summed E-state index contributed by atoms with van der Waals surface area (Å²) in [5.41, 5.74) is 0. The Kier molecular flexibility index (Phi) is 5.75. The lowest BCUT2D eigenvalue weighted by Gasteiger charge is -2.06. The predicted molar refractivity (Wildman–Crippen MR) is 66.6 cm³/mol. The van der Waals surface area contributed by atoms with Crippen LogP contribution in [0.5, 0.6) is 11.5 Å². The number of hydrogen-bond donors (Lipinski definition) is 0. The molecule has 1 rings (SSSR count). The van der Waals surface area contributed by atoms with E-state index < -0.39 is 0 Å². The molecule has 3 heteroatoms. The minimum Gasteiger partial charge on any atom is -0.494 e. The Bertz CT molecular complexity index is 219. The first-order chi connectivity index (χ1) is 6.86. The first kappa shape index (κ1) is 11.6. The van der Waals surface area contributed by atoms with Gasteiger partial charge in [-0.05, 0) is 30.7 Å². The van der Waals surface area contributed by atoms with Crippen molar-refractivity contribution in [3.05, 3.63) is 24.3 Å². The second kappa shape index (κ2) is 6.92. The minimum absolute atomic E-state index is 0.760. The second-order valence-corrected chi connectivity index (χ2v) is 3.94. The minimum atomic E-state index is 0.760. The summed E-state index contributed by atoms with van der Waals surface area (Å²) in [5, 5.41) is 0. The molecule has 0 amide bonds. The van der Waals surface area contributed by atoms with E-state index in [-0.39, 0.29) is 0 Å². The van der Waals surface area contributed by atoms with Gasteiger partial charge in [0.25, 0.3) is 0 Å². The monoisotopic (exact) mass is 306 g/mol. The van der Waals surface area contributed by atoms with E-state index in [1.54, 1.807) is 0 Å². The molecule has 0 unspecified atom stereocenters. The standard InChI is InChI=1S/C11H15IO2/c1-2-8-13-10-3-5-11(6-4-10)14-9-7-12/h3-6H,2,7-9H2,1H3. The Balaban J connectivity index is 2.42. The third kappa shape index (κ3) is 4.17. The van der Waals surface area contributed by atoms with Crippen molar-refractivity contribution < 1.29 is 9.47 Å². The number of benzene rings is 1. The van der Waals surface area contributed by atoms with Crippen LogP contribution in [0.4, 0.5) is 0 Å². The van der Waals surface area contributed by atoms with Gasteiger partial charge in [0.15, 0.2) is 0 Å². The van der Waals surface area contributed by atoms with Crippen LogP contribution in [-0.4, -0.2) is 17.6 Å². The molecule has 78 valence electrons. The zero-order valence-electron chi connectivity index (χ0n) is 8.33. The van der Waals surface area contributed by atoms with Gasteiger partial charge in [-0.3, -0.25) is 0 Å². The number of alkyl halides is 1. The third-order valence-corrected chi connectivity index (χ3v) is 2.08. The Labute approximate surface area is 98.7 Å². The molecule has 0 fully saturated rings. The van der Waals surface area contributed by atoms with Crippen LogP contribution in [0, 0.1) is 0 Å². The summed E-state index contributed by atoms with van der Waals surface area (Å²) in [6, 6.07) is 7.77. The van der Waals surface area contributed by atoms with E-state index >= 15 is 0 Å². The fraction of sp³-hybridized carbons (Fsp3) is 0.455. The summed E-state index contributed by atoms with van der Waals surface area (Å²) in [6.45, 7) is 3.63. The summed E-state index contributed by atoms with van der Waals surface area (Å²) in [7, 11) is 0. The van der Waals surface area contributed by atoms with Gasteiger partial charge in [0.2, 0.25) is 0 Å². The van der Waals surface area contributed by atoms with Gasteiger partial charge < -0.3 is 9.47 Å². The summed E-state index contributed by atoms with van der Waals surface area (Å²) < 4.78 is 11.9. The zero-order chi connectivity index (χ0) is 10.2. The van der Waals surface area contributed by atoms with Crippen LogP contribution >= 0.6 is 22.6 Å². The van der Waals surface area contributed by atoms with Crippen molar-refractivity contribution in [3.8, 4) is 11.5 Å². The molecule has 0 atom stereocenters. The molecular weight excluding hydrogens is 291 g/mol. The molecular formula is C11H15IO2. The smallest absolute Gasteiger partial charge is 0.119 e. The van der Waals surface area contributed by atoms with Crippen molar-refractivity contribution in [1.82, 2.24) is 0 Å². The quantitative estimate of drug-likeness (QED) is 0.593. The fourth-order valence-corrected chi connectivity index (χ4v) is 1.23. The van der Waals surface area contributed by atoms with Gasteiger partial charge in [-0.15, -0.1) is 0 Å². The Morgan fingerprint density at radius 3 is 1.93 bits per heavy atom. The topological polar surface area (TPSA) is 18.5 Å². The highest BCUT2D eigenvalue weighted by Gasteiger charge is 1.94. The Morgan fingerprint density at radius 2 is 1.50 bits per heavy atom. The number of rotatable bonds is 6. The molecule has 0 aliphatic heterocycles. The highest BCUT2D eigenvalue weighted by molar-refractivity contribution is 14.1. The van der Waals surface area contributed by atoms with Gasteiger partial charge in [0.1, 0.15) is 11.5 Å². The molecule has 0 saturated heterocycles. The predicted octanol–water partition coefficient (Wildman–Crippen LogP) is 3.29. The first-order valence-electron chi connectivity index (χ1n) is 4.78.